The molecule has 6 heteroatoms. The third-order valence-corrected chi connectivity index (χ3v) is 4.45. The maximum Gasteiger partial charge on any atom is 0.245 e. The van der Waals surface area contributed by atoms with Gasteiger partial charge >= 0.3 is 0 Å². The average molecular weight is 289 g/mol. The van der Waals surface area contributed by atoms with E-state index >= 15 is 0 Å². The Labute approximate surface area is 123 Å². The molecule has 0 spiro atoms. The number of anilines is 1. The largest absolute Gasteiger partial charge is 0.339 e. The lowest BCUT2D eigenvalue weighted by atomic mass is 10.1. The number of nitrogens with one attached hydrogen (secondary N) is 1. The van der Waals surface area contributed by atoms with Gasteiger partial charge in [-0.15, -0.1) is 16.9 Å². The maximum atomic E-state index is 5.93. The number of hydrogen-bond acceptors (Lipinski definition) is 5. The highest BCUT2D eigenvalue weighted by atomic mass is 32.2. The Hall–Kier alpha value is -1.53. The van der Waals surface area contributed by atoms with Crippen molar-refractivity contribution in [2.75, 3.05) is 24.2 Å². The van der Waals surface area contributed by atoms with Crippen molar-refractivity contribution >= 4 is 17.7 Å². The molecule has 3 rings (SSSR count). The van der Waals surface area contributed by atoms with Gasteiger partial charge < -0.3 is 10.6 Å². The van der Waals surface area contributed by atoms with Crippen LogP contribution in [-0.4, -0.2) is 40.6 Å². The van der Waals surface area contributed by atoms with E-state index in [4.69, 9.17) is 5.73 Å². The fraction of sp³-hybridized carbons (Fsp3) is 0.429. The Morgan fingerprint density at radius 3 is 2.80 bits per heavy atom. The van der Waals surface area contributed by atoms with Gasteiger partial charge in [0.1, 0.15) is 0 Å². The van der Waals surface area contributed by atoms with Crippen LogP contribution in [0.1, 0.15) is 12.8 Å². The number of rotatable bonds is 3. The molecule has 5 nitrogen and oxygen atoms in total. The molecule has 0 aliphatic carbocycles. The lowest BCUT2D eigenvalue weighted by Gasteiger charge is -2.28. The molecule has 0 radical (unpaired) electrons. The summed E-state index contributed by atoms with van der Waals surface area (Å²) in [5.74, 6) is 1.61. The average Bonchev–Trinajstić information content (AvgIpc) is 2.97. The fourth-order valence-electron chi connectivity index (χ4n) is 2.45. The number of piperidine rings is 1. The van der Waals surface area contributed by atoms with Crippen LogP contribution >= 0.6 is 11.8 Å². The van der Waals surface area contributed by atoms with Crippen LogP contribution in [0, 0.1) is 0 Å². The van der Waals surface area contributed by atoms with E-state index in [1.807, 2.05) is 12.1 Å². The van der Waals surface area contributed by atoms with Gasteiger partial charge in [-0.05, 0) is 25.2 Å². The van der Waals surface area contributed by atoms with Crippen LogP contribution in [-0.2, 0) is 0 Å². The summed E-state index contributed by atoms with van der Waals surface area (Å²) in [6.45, 7) is 1.87. The number of benzene rings is 1. The van der Waals surface area contributed by atoms with Crippen molar-refractivity contribution in [2.24, 2.45) is 5.73 Å². The Bertz CT molecular complexity index is 574. The van der Waals surface area contributed by atoms with E-state index in [0.29, 0.717) is 6.04 Å². The van der Waals surface area contributed by atoms with E-state index in [1.54, 1.807) is 11.8 Å². The normalized spacial score (nSPS) is 16.6. The molecule has 1 aliphatic heterocycles. The summed E-state index contributed by atoms with van der Waals surface area (Å²) in [6, 6.07) is 8.56. The van der Waals surface area contributed by atoms with Gasteiger partial charge in [-0.2, -0.15) is 4.98 Å². The van der Waals surface area contributed by atoms with Crippen LogP contribution in [0.5, 0.6) is 0 Å². The number of nitrogens with zero attached hydrogens (tertiary/aromatic N) is 3. The number of aromatic amines is 1. The van der Waals surface area contributed by atoms with Crippen molar-refractivity contribution in [3.8, 4) is 11.4 Å². The first-order valence-electron chi connectivity index (χ1n) is 6.84. The summed E-state index contributed by atoms with van der Waals surface area (Å²) in [7, 11) is 0. The van der Waals surface area contributed by atoms with E-state index < -0.39 is 0 Å². The molecule has 2 aromatic rings. The highest BCUT2D eigenvalue weighted by Gasteiger charge is 2.20. The quantitative estimate of drug-likeness (QED) is 0.847. The van der Waals surface area contributed by atoms with Crippen LogP contribution in [0.3, 0.4) is 0 Å². The summed E-state index contributed by atoms with van der Waals surface area (Å²) in [4.78, 5) is 8.05. The van der Waals surface area contributed by atoms with E-state index in [0.717, 1.165) is 43.3 Å². The predicted octanol–water partition coefficient (Wildman–Crippen LogP) is 2.12. The van der Waals surface area contributed by atoms with Crippen molar-refractivity contribution in [2.45, 2.75) is 23.8 Å². The van der Waals surface area contributed by atoms with Gasteiger partial charge in [-0.3, -0.25) is 5.10 Å². The van der Waals surface area contributed by atoms with Gasteiger partial charge in [0, 0.05) is 29.6 Å². The molecule has 1 aromatic heterocycles. The van der Waals surface area contributed by atoms with Crippen molar-refractivity contribution in [1.29, 1.82) is 0 Å². The first-order chi connectivity index (χ1) is 9.78. The van der Waals surface area contributed by atoms with Gasteiger partial charge in [0.05, 0.1) is 0 Å². The van der Waals surface area contributed by atoms with Crippen molar-refractivity contribution in [3.63, 3.8) is 0 Å². The van der Waals surface area contributed by atoms with Gasteiger partial charge in [-0.25, -0.2) is 0 Å². The van der Waals surface area contributed by atoms with Crippen LogP contribution in [0.2, 0.25) is 0 Å². The standard InChI is InChI=1S/C14H19N5S/c1-20-12-5-3-2-4-11(12)13-16-14(18-17-13)19-8-6-10(15)7-9-19/h2-5,10H,6-9,15H2,1H3,(H,16,17,18). The second kappa shape index (κ2) is 5.85. The van der Waals surface area contributed by atoms with E-state index in [9.17, 15) is 0 Å². The number of hydrogen-bond donors (Lipinski definition) is 2. The molecular weight excluding hydrogens is 270 g/mol. The molecular formula is C14H19N5S. The van der Waals surface area contributed by atoms with Crippen molar-refractivity contribution < 1.29 is 0 Å². The molecule has 1 aliphatic rings. The smallest absolute Gasteiger partial charge is 0.245 e. The van der Waals surface area contributed by atoms with E-state index in [-0.39, 0.29) is 0 Å². The highest BCUT2D eigenvalue weighted by Crippen LogP contribution is 2.28. The minimum Gasteiger partial charge on any atom is -0.339 e. The number of H-pyrrole nitrogens is 1. The van der Waals surface area contributed by atoms with Crippen LogP contribution in [0.4, 0.5) is 5.95 Å². The molecule has 3 N–H and O–H groups in total. The topological polar surface area (TPSA) is 70.8 Å². The predicted molar refractivity (Wildman–Crippen MR) is 83.0 cm³/mol. The summed E-state index contributed by atoms with van der Waals surface area (Å²) >= 11 is 1.72. The molecule has 0 atom stereocenters. The molecule has 0 bridgehead atoms. The zero-order chi connectivity index (χ0) is 13.9. The van der Waals surface area contributed by atoms with Gasteiger partial charge in [-0.1, -0.05) is 18.2 Å². The summed E-state index contributed by atoms with van der Waals surface area (Å²) in [6.07, 6.45) is 4.08. The van der Waals surface area contributed by atoms with Crippen LogP contribution in [0.15, 0.2) is 29.2 Å². The molecule has 20 heavy (non-hydrogen) atoms. The maximum absolute atomic E-state index is 5.93. The minimum absolute atomic E-state index is 0.321. The lowest BCUT2D eigenvalue weighted by molar-refractivity contribution is 0.496. The fourth-order valence-corrected chi connectivity index (χ4v) is 3.05. The third kappa shape index (κ3) is 2.66. The first-order valence-corrected chi connectivity index (χ1v) is 8.06. The Morgan fingerprint density at radius 1 is 1.30 bits per heavy atom. The summed E-state index contributed by atoms with van der Waals surface area (Å²) in [5.41, 5.74) is 7.04. The second-order valence-electron chi connectivity index (χ2n) is 5.01. The van der Waals surface area contributed by atoms with Crippen molar-refractivity contribution in [1.82, 2.24) is 15.2 Å². The summed E-state index contributed by atoms with van der Waals surface area (Å²) < 4.78 is 0. The molecule has 0 unspecified atom stereocenters. The summed E-state index contributed by atoms with van der Waals surface area (Å²) in [5, 5.41) is 7.41. The Morgan fingerprint density at radius 2 is 2.05 bits per heavy atom. The third-order valence-electron chi connectivity index (χ3n) is 3.66. The van der Waals surface area contributed by atoms with E-state index in [1.165, 1.54) is 4.90 Å². The molecule has 1 saturated heterocycles. The molecule has 0 saturated carbocycles. The van der Waals surface area contributed by atoms with Crippen molar-refractivity contribution in [3.05, 3.63) is 24.3 Å². The number of aromatic nitrogens is 3. The lowest BCUT2D eigenvalue weighted by Crippen LogP contribution is -2.40. The van der Waals surface area contributed by atoms with Crippen LogP contribution < -0.4 is 10.6 Å². The molecule has 1 aromatic carbocycles. The van der Waals surface area contributed by atoms with Gasteiger partial charge in [0.2, 0.25) is 5.95 Å². The molecule has 2 heterocycles. The van der Waals surface area contributed by atoms with Gasteiger partial charge in [0.15, 0.2) is 5.82 Å². The number of nitrogens with two attached hydrogens (primary N) is 1. The van der Waals surface area contributed by atoms with Crippen LogP contribution in [0.25, 0.3) is 11.4 Å². The molecule has 1 fully saturated rings. The zero-order valence-corrected chi connectivity index (χ0v) is 12.4. The Balaban J connectivity index is 1.83. The Kier molecular flexibility index (Phi) is 3.93. The SMILES string of the molecule is CSc1ccccc1-c1nc(N2CCC(N)CC2)n[nH]1. The second-order valence-corrected chi connectivity index (χ2v) is 5.86. The highest BCUT2D eigenvalue weighted by molar-refractivity contribution is 7.98. The monoisotopic (exact) mass is 289 g/mol. The number of thioether (sulfide) groups is 1. The molecule has 106 valence electrons. The molecule has 0 amide bonds. The first kappa shape index (κ1) is 13.5. The van der Waals surface area contributed by atoms with E-state index in [2.05, 4.69) is 38.5 Å². The van der Waals surface area contributed by atoms with Gasteiger partial charge in [0.25, 0.3) is 0 Å². The zero-order valence-electron chi connectivity index (χ0n) is 11.5. The minimum atomic E-state index is 0.321.